The van der Waals surface area contributed by atoms with Gasteiger partial charge in [0.2, 0.25) is 0 Å². The topological polar surface area (TPSA) is 115 Å². The van der Waals surface area contributed by atoms with Crippen LogP contribution in [0.15, 0.2) is 66.9 Å². The van der Waals surface area contributed by atoms with Crippen LogP contribution in [-0.4, -0.2) is 24.8 Å². The van der Waals surface area contributed by atoms with Crippen LogP contribution in [0.3, 0.4) is 0 Å². The Labute approximate surface area is 212 Å². The van der Waals surface area contributed by atoms with Crippen molar-refractivity contribution in [1.82, 2.24) is 16.0 Å². The Morgan fingerprint density at radius 3 is 2.38 bits per heavy atom. The average Bonchev–Trinajstić information content (AvgIpc) is 2.92. The second-order valence-electron chi connectivity index (χ2n) is 8.69. The van der Waals surface area contributed by atoms with Crippen LogP contribution in [0.4, 0.5) is 9.59 Å². The van der Waals surface area contributed by atoms with Crippen LogP contribution < -0.4 is 42.9 Å². The number of halogens is 1. The van der Waals surface area contributed by atoms with Crippen molar-refractivity contribution < 1.29 is 40.3 Å². The summed E-state index contributed by atoms with van der Waals surface area (Å²) in [5, 5.41) is 8.44. The van der Waals surface area contributed by atoms with Gasteiger partial charge < -0.3 is 0 Å². The Balaban J connectivity index is 2.15. The van der Waals surface area contributed by atoms with Gasteiger partial charge >= 0.3 is 212 Å². The zero-order valence-electron chi connectivity index (χ0n) is 20.7. The van der Waals surface area contributed by atoms with E-state index in [0.717, 1.165) is 20.3 Å². The SMILES string of the molecule is CN/C(NC(=O)O[C@H](C)c1ccccc1C)=C(\N)C1=CC=C(NC(=O)OC(C)(C)C)C(C)=C[I-]1. The first-order valence-corrected chi connectivity index (χ1v) is 13.2. The van der Waals surface area contributed by atoms with Crippen molar-refractivity contribution >= 4 is 12.2 Å². The van der Waals surface area contributed by atoms with E-state index in [-0.39, 0.29) is 0 Å². The van der Waals surface area contributed by atoms with Crippen molar-refractivity contribution in [2.24, 2.45) is 5.73 Å². The molecule has 0 unspecified atom stereocenters. The fourth-order valence-corrected chi connectivity index (χ4v) is 5.14. The molecule has 1 aromatic rings. The normalized spacial score (nSPS) is 15.7. The van der Waals surface area contributed by atoms with Crippen LogP contribution in [0.1, 0.15) is 51.8 Å². The monoisotopic (exact) mass is 581 g/mol. The van der Waals surface area contributed by atoms with E-state index < -0.39 is 45.1 Å². The molecular formula is C25H34IN4O4-. The molecule has 0 aromatic heterocycles. The van der Waals surface area contributed by atoms with Crippen molar-refractivity contribution in [1.29, 1.82) is 0 Å². The van der Waals surface area contributed by atoms with Gasteiger partial charge in [0.05, 0.1) is 0 Å². The number of rotatable bonds is 6. The molecule has 1 atom stereocenters. The Bertz CT molecular complexity index is 1050. The summed E-state index contributed by atoms with van der Waals surface area (Å²) in [5.74, 6) is 0.357. The second kappa shape index (κ2) is 12.0. The molecule has 0 spiro atoms. The average molecular weight is 581 g/mol. The number of nitrogens with two attached hydrogens (primary N) is 1. The number of ether oxygens (including phenoxy) is 2. The van der Waals surface area contributed by atoms with Gasteiger partial charge in [0, 0.05) is 0 Å². The van der Waals surface area contributed by atoms with Gasteiger partial charge in [-0.3, -0.25) is 0 Å². The van der Waals surface area contributed by atoms with E-state index >= 15 is 0 Å². The van der Waals surface area contributed by atoms with Crippen LogP contribution in [0.25, 0.3) is 0 Å². The molecule has 186 valence electrons. The second-order valence-corrected chi connectivity index (χ2v) is 11.1. The first-order chi connectivity index (χ1) is 15.9. The summed E-state index contributed by atoms with van der Waals surface area (Å²) in [6.07, 6.45) is 2.09. The predicted molar refractivity (Wildman–Crippen MR) is 129 cm³/mol. The quantitative estimate of drug-likeness (QED) is 0.378. The molecule has 0 aliphatic carbocycles. The molecule has 2 rings (SSSR count). The fourth-order valence-electron chi connectivity index (χ4n) is 3.01. The van der Waals surface area contributed by atoms with E-state index in [9.17, 15) is 9.59 Å². The van der Waals surface area contributed by atoms with E-state index in [1.807, 2.05) is 71.9 Å². The van der Waals surface area contributed by atoms with Crippen molar-refractivity contribution in [3.63, 3.8) is 0 Å². The molecule has 0 radical (unpaired) electrons. The maximum atomic E-state index is 12.5. The van der Waals surface area contributed by atoms with Crippen LogP contribution in [0.2, 0.25) is 0 Å². The first-order valence-electron chi connectivity index (χ1n) is 10.8. The molecule has 34 heavy (non-hydrogen) atoms. The van der Waals surface area contributed by atoms with Gasteiger partial charge in [-0.05, 0) is 0 Å². The fraction of sp³-hybridized carbons (Fsp3) is 0.360. The zero-order valence-corrected chi connectivity index (χ0v) is 22.9. The van der Waals surface area contributed by atoms with Gasteiger partial charge in [-0.2, -0.15) is 0 Å². The van der Waals surface area contributed by atoms with Gasteiger partial charge in [-0.15, -0.1) is 0 Å². The van der Waals surface area contributed by atoms with Crippen molar-refractivity contribution in [2.75, 3.05) is 7.05 Å². The molecule has 2 amide bonds. The number of hydrogen-bond donors (Lipinski definition) is 4. The molecule has 1 aliphatic heterocycles. The number of nitrogens with one attached hydrogen (secondary N) is 3. The molecule has 0 saturated carbocycles. The van der Waals surface area contributed by atoms with Gasteiger partial charge in [0.25, 0.3) is 0 Å². The summed E-state index contributed by atoms with van der Waals surface area (Å²) in [6.45, 7) is 11.1. The first kappa shape index (κ1) is 27.3. The number of alkyl carbamates (subject to hydrolysis) is 2. The van der Waals surface area contributed by atoms with Gasteiger partial charge in [0.1, 0.15) is 0 Å². The number of benzene rings is 1. The molecule has 1 aliphatic rings. The van der Waals surface area contributed by atoms with Gasteiger partial charge in [0.15, 0.2) is 0 Å². The van der Waals surface area contributed by atoms with Crippen LogP contribution >= 0.6 is 0 Å². The van der Waals surface area contributed by atoms with E-state index in [1.54, 1.807) is 13.1 Å². The van der Waals surface area contributed by atoms with E-state index in [4.69, 9.17) is 15.2 Å². The number of allylic oxidation sites excluding steroid dienone is 4. The predicted octanol–water partition coefficient (Wildman–Crippen LogP) is 1.43. The van der Waals surface area contributed by atoms with Crippen LogP contribution in [0.5, 0.6) is 0 Å². The molecule has 1 aromatic carbocycles. The Morgan fingerprint density at radius 1 is 1.09 bits per heavy atom. The van der Waals surface area contributed by atoms with Gasteiger partial charge in [-0.1, -0.05) is 0 Å². The summed E-state index contributed by atoms with van der Waals surface area (Å²) < 4.78 is 13.8. The van der Waals surface area contributed by atoms with E-state index in [1.165, 1.54) is 0 Å². The molecule has 9 heteroatoms. The number of amides is 2. The van der Waals surface area contributed by atoms with Crippen molar-refractivity contribution in [2.45, 2.75) is 53.2 Å². The van der Waals surface area contributed by atoms with E-state index in [0.29, 0.717) is 17.2 Å². The molecule has 0 bridgehead atoms. The third-order valence-corrected chi connectivity index (χ3v) is 7.56. The number of carbonyl (C=O) groups is 2. The Kier molecular flexibility index (Phi) is 9.60. The minimum atomic E-state index is -0.624. The summed E-state index contributed by atoms with van der Waals surface area (Å²) in [5.41, 5.74) is 9.76. The van der Waals surface area contributed by atoms with Gasteiger partial charge in [-0.25, -0.2) is 0 Å². The number of aryl methyl sites for hydroxylation is 1. The molecular weight excluding hydrogens is 547 g/mol. The van der Waals surface area contributed by atoms with Crippen LogP contribution in [0, 0.1) is 6.92 Å². The third kappa shape index (κ3) is 8.12. The third-order valence-electron chi connectivity index (χ3n) is 4.71. The molecule has 8 nitrogen and oxygen atoms in total. The zero-order chi connectivity index (χ0) is 25.5. The standard InChI is InChI=1S/C25H34IN4O4/c1-15-10-8-9-11-18(15)17(3)33-23(31)30-22(28-7)21(27)19-12-13-20(16(2)14-26-19)29-24(32)34-25(4,5)6/h8-14,17,28H,27H2,1-7H3,(H,29,32)(H,30,31)/q-1/b22-21+/t17-/m1/s1. The van der Waals surface area contributed by atoms with Crippen LogP contribution in [-0.2, 0) is 9.47 Å². The summed E-state index contributed by atoms with van der Waals surface area (Å²) in [7, 11) is 1.68. The maximum absolute atomic E-state index is 12.5. The molecule has 5 N–H and O–H groups in total. The number of carbonyl (C=O) groups excluding carboxylic acids is 2. The van der Waals surface area contributed by atoms with Crippen molar-refractivity contribution in [3.05, 3.63) is 78.0 Å². The minimum absolute atomic E-state index is 0.357. The van der Waals surface area contributed by atoms with E-state index in [2.05, 4.69) is 20.0 Å². The summed E-state index contributed by atoms with van der Waals surface area (Å²) in [4.78, 5) is 24.7. The van der Waals surface area contributed by atoms with Crippen molar-refractivity contribution in [3.8, 4) is 0 Å². The Hall–Kier alpha value is -2.95. The number of hydrogen-bond acceptors (Lipinski definition) is 6. The summed E-state index contributed by atoms with van der Waals surface area (Å²) >= 11 is -0.624. The molecule has 1 heterocycles. The molecule has 0 saturated heterocycles. The summed E-state index contributed by atoms with van der Waals surface area (Å²) in [6, 6.07) is 7.76. The Morgan fingerprint density at radius 2 is 1.76 bits per heavy atom. The molecule has 0 fully saturated rings.